The normalized spacial score (nSPS) is 22.7. The number of carbonyl (C=O) groups is 1. The summed E-state index contributed by atoms with van der Waals surface area (Å²) in [6, 6.07) is 4.16. The fourth-order valence-electron chi connectivity index (χ4n) is 3.64. The molecule has 3 N–H and O–H groups in total. The topological polar surface area (TPSA) is 149 Å². The molecule has 1 saturated carbocycles. The van der Waals surface area contributed by atoms with Crippen molar-refractivity contribution < 1.29 is 31.3 Å². The summed E-state index contributed by atoms with van der Waals surface area (Å²) in [6.07, 6.45) is 0.834. The lowest BCUT2D eigenvalue weighted by Crippen LogP contribution is -2.35. The number of hydrogen-bond donors (Lipinski definition) is 3. The predicted octanol–water partition coefficient (Wildman–Crippen LogP) is 1.65. The van der Waals surface area contributed by atoms with Crippen molar-refractivity contribution in [1.82, 2.24) is 19.3 Å². The summed E-state index contributed by atoms with van der Waals surface area (Å²) < 4.78 is 52.6. The van der Waals surface area contributed by atoms with E-state index in [-0.39, 0.29) is 17.8 Å². The number of anilines is 1. The number of carbonyl (C=O) groups excluding carboxylic acids is 1. The van der Waals surface area contributed by atoms with Crippen LogP contribution < -0.4 is 10.0 Å². The quantitative estimate of drug-likeness (QED) is 0.334. The Morgan fingerprint density at radius 1 is 1.41 bits per heavy atom. The van der Waals surface area contributed by atoms with Crippen LogP contribution in [-0.4, -0.2) is 65.3 Å². The summed E-state index contributed by atoms with van der Waals surface area (Å²) in [7, 11) is -2.99. The summed E-state index contributed by atoms with van der Waals surface area (Å²) in [5.41, 5.74) is 0.447. The average molecular weight is 558 g/mol. The second-order valence-corrected chi connectivity index (χ2v) is 9.90. The van der Waals surface area contributed by atoms with Gasteiger partial charge in [-0.05, 0) is 34.1 Å². The Bertz CT molecular complexity index is 1280. The lowest BCUT2D eigenvalue weighted by molar-refractivity contribution is 0.0248. The first-order valence-corrected chi connectivity index (χ1v) is 12.3. The number of alkyl halides is 1. The second-order valence-electron chi connectivity index (χ2n) is 7.61. The third kappa shape index (κ3) is 5.36. The highest BCUT2D eigenvalue weighted by molar-refractivity contribution is 9.10. The fraction of sp³-hybridized carbons (Fsp3) is 0.350. The van der Waals surface area contributed by atoms with Crippen molar-refractivity contribution in [2.24, 2.45) is 0 Å². The number of aliphatic hydroxyl groups excluding tert-OH is 1. The molecule has 14 heteroatoms. The zero-order chi connectivity index (χ0) is 24.5. The number of ketones is 1. The molecular weight excluding hydrogens is 537 g/mol. The van der Waals surface area contributed by atoms with Crippen LogP contribution in [0.4, 0.5) is 10.2 Å². The molecule has 4 rings (SSSR count). The molecule has 0 saturated heterocycles. The summed E-state index contributed by atoms with van der Waals surface area (Å²) in [6.45, 7) is 0.412. The van der Waals surface area contributed by atoms with Crippen molar-refractivity contribution in [2.45, 2.75) is 37.4 Å². The standard InChI is InChI=1S/C20H21BrFN5O6S/c1-23-34(30,31)33-15-6-14(17(22)19(15)29)26-20-13(7-24-10-25-20)18(28)11-4-5-27(8-11)9-12-2-3-16(21)32-12/h2-5,7-8,10,14-15,17,19,23,29H,6,9H2,1H3,(H,24,25,26)/t14-,15-,17-,19-/m1/s1. The fourth-order valence-corrected chi connectivity index (χ4v) is 4.59. The maximum Gasteiger partial charge on any atom is 0.335 e. The summed E-state index contributed by atoms with van der Waals surface area (Å²) in [5.74, 6) is 0.347. The minimum Gasteiger partial charge on any atom is -0.452 e. The van der Waals surface area contributed by atoms with Gasteiger partial charge in [-0.25, -0.2) is 14.4 Å². The Kier molecular flexibility index (Phi) is 7.14. The molecule has 0 bridgehead atoms. The van der Waals surface area contributed by atoms with Crippen LogP contribution in [0.5, 0.6) is 0 Å². The number of aromatic nitrogens is 3. The zero-order valence-corrected chi connectivity index (χ0v) is 20.2. The minimum atomic E-state index is -4.13. The van der Waals surface area contributed by atoms with Crippen LogP contribution in [0.1, 0.15) is 28.1 Å². The van der Waals surface area contributed by atoms with Crippen molar-refractivity contribution in [3.05, 3.63) is 64.7 Å². The lowest BCUT2D eigenvalue weighted by atomic mass is 10.1. The summed E-state index contributed by atoms with van der Waals surface area (Å²) in [4.78, 5) is 21.1. The molecule has 4 atom stereocenters. The molecule has 11 nitrogen and oxygen atoms in total. The number of rotatable bonds is 9. The molecule has 34 heavy (non-hydrogen) atoms. The van der Waals surface area contributed by atoms with Gasteiger partial charge >= 0.3 is 10.3 Å². The third-order valence-corrected chi connectivity index (χ3v) is 6.76. The molecule has 0 radical (unpaired) electrons. The maximum atomic E-state index is 14.7. The van der Waals surface area contributed by atoms with Crippen molar-refractivity contribution in [1.29, 1.82) is 0 Å². The van der Waals surface area contributed by atoms with E-state index >= 15 is 0 Å². The highest BCUT2D eigenvalue weighted by Gasteiger charge is 2.46. The number of aliphatic hydroxyl groups is 1. The third-order valence-electron chi connectivity index (χ3n) is 5.34. The van der Waals surface area contributed by atoms with Crippen LogP contribution in [0.3, 0.4) is 0 Å². The highest BCUT2D eigenvalue weighted by atomic mass is 79.9. The van der Waals surface area contributed by atoms with Gasteiger partial charge in [0.1, 0.15) is 36.3 Å². The van der Waals surface area contributed by atoms with E-state index in [4.69, 9.17) is 8.60 Å². The maximum absolute atomic E-state index is 14.7. The first-order valence-electron chi connectivity index (χ1n) is 10.1. The second kappa shape index (κ2) is 9.92. The van der Waals surface area contributed by atoms with Crippen molar-refractivity contribution >= 4 is 37.8 Å². The van der Waals surface area contributed by atoms with Crippen LogP contribution in [0.2, 0.25) is 0 Å². The molecule has 0 aromatic carbocycles. The SMILES string of the molecule is CNS(=O)(=O)O[C@@H]1C[C@@H](Nc2ncncc2C(=O)c2ccn(Cc3ccc(Br)o3)c2)[C@@H](F)[C@@H]1O. The highest BCUT2D eigenvalue weighted by Crippen LogP contribution is 2.30. The molecule has 3 aromatic heterocycles. The monoisotopic (exact) mass is 557 g/mol. The number of halogens is 2. The lowest BCUT2D eigenvalue weighted by Gasteiger charge is -2.17. The molecule has 1 aliphatic rings. The first-order chi connectivity index (χ1) is 16.2. The number of nitrogens with one attached hydrogen (secondary N) is 2. The average Bonchev–Trinajstić information content (AvgIpc) is 3.51. The van der Waals surface area contributed by atoms with Gasteiger partial charge in [-0.1, -0.05) is 0 Å². The molecular formula is C20H21BrFN5O6S. The van der Waals surface area contributed by atoms with E-state index in [1.54, 1.807) is 35.2 Å². The molecule has 0 amide bonds. The summed E-state index contributed by atoms with van der Waals surface area (Å²) in [5, 5.41) is 12.9. The van der Waals surface area contributed by atoms with Crippen LogP contribution in [-0.2, 0) is 21.0 Å². The Morgan fingerprint density at radius 3 is 2.91 bits per heavy atom. The van der Waals surface area contributed by atoms with Gasteiger partial charge in [0.25, 0.3) is 0 Å². The van der Waals surface area contributed by atoms with Gasteiger partial charge in [0.15, 0.2) is 10.5 Å². The van der Waals surface area contributed by atoms with E-state index in [2.05, 4.69) is 31.2 Å². The van der Waals surface area contributed by atoms with E-state index in [0.717, 1.165) is 7.05 Å². The van der Waals surface area contributed by atoms with Crippen LogP contribution in [0, 0.1) is 0 Å². The predicted molar refractivity (Wildman–Crippen MR) is 121 cm³/mol. The van der Waals surface area contributed by atoms with E-state index < -0.39 is 40.5 Å². The van der Waals surface area contributed by atoms with Gasteiger partial charge in [0.05, 0.1) is 18.2 Å². The molecule has 3 aromatic rings. The van der Waals surface area contributed by atoms with Gasteiger partial charge in [0.2, 0.25) is 0 Å². The number of furan rings is 1. The largest absolute Gasteiger partial charge is 0.452 e. The molecule has 3 heterocycles. The Labute approximate surface area is 202 Å². The zero-order valence-electron chi connectivity index (χ0n) is 17.8. The number of hydrogen-bond acceptors (Lipinski definition) is 9. The smallest absolute Gasteiger partial charge is 0.335 e. The Hall–Kier alpha value is -2.65. The van der Waals surface area contributed by atoms with Crippen LogP contribution in [0.25, 0.3) is 0 Å². The van der Waals surface area contributed by atoms with Crippen molar-refractivity contribution in [3.63, 3.8) is 0 Å². The van der Waals surface area contributed by atoms with E-state index in [1.807, 2.05) is 4.72 Å². The molecule has 0 aliphatic heterocycles. The van der Waals surface area contributed by atoms with Gasteiger partial charge < -0.3 is 19.4 Å². The Balaban J connectivity index is 1.49. The first kappa shape index (κ1) is 24.5. The molecule has 182 valence electrons. The van der Waals surface area contributed by atoms with Crippen molar-refractivity contribution in [3.8, 4) is 0 Å². The Morgan fingerprint density at radius 2 is 2.21 bits per heavy atom. The van der Waals surface area contributed by atoms with Gasteiger partial charge in [0, 0.05) is 37.6 Å². The van der Waals surface area contributed by atoms with E-state index in [0.29, 0.717) is 22.5 Å². The van der Waals surface area contributed by atoms with Crippen LogP contribution >= 0.6 is 15.9 Å². The molecule has 1 aliphatic carbocycles. The van der Waals surface area contributed by atoms with Gasteiger partial charge in [-0.15, -0.1) is 0 Å². The van der Waals surface area contributed by atoms with Gasteiger partial charge in [-0.2, -0.15) is 13.1 Å². The van der Waals surface area contributed by atoms with Crippen molar-refractivity contribution in [2.75, 3.05) is 12.4 Å². The van der Waals surface area contributed by atoms with Gasteiger partial charge in [-0.3, -0.25) is 8.98 Å². The number of nitrogens with zero attached hydrogens (tertiary/aromatic N) is 3. The van der Waals surface area contributed by atoms with Crippen LogP contribution in [0.15, 0.2) is 52.2 Å². The minimum absolute atomic E-state index is 0.0553. The summed E-state index contributed by atoms with van der Waals surface area (Å²) >= 11 is 3.24. The van der Waals surface area contributed by atoms with E-state index in [9.17, 15) is 22.7 Å². The molecule has 1 fully saturated rings. The van der Waals surface area contributed by atoms with E-state index in [1.165, 1.54) is 12.5 Å². The molecule has 0 unspecified atom stereocenters. The molecule has 0 spiro atoms.